The standard InChI is InChI=1S/C25H26Cl2N4S/c26-22-9-5-6-19(25(22)27)16-31(24(32)11-4-1-7-20-15-28-17-30-20)13-12-18-14-29-23-10-3-2-8-21(18)23/h2-3,5-6,8-10,14-15,17,29H,1,4,7,11-13,16H2,(H,28,30). The molecular formula is C25H26Cl2N4S. The number of hydrogen-bond acceptors (Lipinski definition) is 2. The van der Waals surface area contributed by atoms with Crippen molar-refractivity contribution in [1.29, 1.82) is 0 Å². The minimum atomic E-state index is 0.575. The number of rotatable bonds is 10. The Hall–Kier alpha value is -2.34. The zero-order valence-electron chi connectivity index (χ0n) is 17.8. The Morgan fingerprint density at radius 2 is 1.84 bits per heavy atom. The van der Waals surface area contributed by atoms with Gasteiger partial charge in [0.2, 0.25) is 0 Å². The normalized spacial score (nSPS) is 11.2. The topological polar surface area (TPSA) is 47.7 Å². The molecule has 166 valence electrons. The molecule has 0 fully saturated rings. The smallest absolute Gasteiger partial charge is 0.0921 e. The molecule has 4 rings (SSSR count). The highest BCUT2D eigenvalue weighted by Gasteiger charge is 2.15. The maximum Gasteiger partial charge on any atom is 0.0921 e. The van der Waals surface area contributed by atoms with Gasteiger partial charge in [0.15, 0.2) is 0 Å². The lowest BCUT2D eigenvalue weighted by Gasteiger charge is -2.26. The number of aromatic nitrogens is 3. The number of halogens is 2. The minimum absolute atomic E-state index is 0.575. The summed E-state index contributed by atoms with van der Waals surface area (Å²) >= 11 is 18.6. The van der Waals surface area contributed by atoms with E-state index in [1.54, 1.807) is 6.33 Å². The minimum Gasteiger partial charge on any atom is -0.361 e. The van der Waals surface area contributed by atoms with Gasteiger partial charge >= 0.3 is 0 Å². The number of aromatic amines is 2. The summed E-state index contributed by atoms with van der Waals surface area (Å²) in [5, 5.41) is 2.44. The number of aryl methyl sites for hydroxylation is 1. The highest BCUT2D eigenvalue weighted by molar-refractivity contribution is 7.80. The van der Waals surface area contributed by atoms with E-state index in [0.717, 1.165) is 60.4 Å². The van der Waals surface area contributed by atoms with Gasteiger partial charge in [-0.05, 0) is 55.4 Å². The van der Waals surface area contributed by atoms with E-state index in [1.807, 2.05) is 24.4 Å². The van der Waals surface area contributed by atoms with E-state index < -0.39 is 0 Å². The van der Waals surface area contributed by atoms with E-state index in [1.165, 1.54) is 10.9 Å². The van der Waals surface area contributed by atoms with Crippen LogP contribution < -0.4 is 0 Å². The van der Waals surface area contributed by atoms with Gasteiger partial charge < -0.3 is 14.9 Å². The SMILES string of the molecule is S=C(CCCCc1cnc[nH]1)N(CCc1c[nH]c2ccccc12)Cc1cccc(Cl)c1Cl. The number of nitrogens with one attached hydrogen (secondary N) is 2. The molecule has 0 aliphatic rings. The van der Waals surface area contributed by atoms with Gasteiger partial charge in [-0.15, -0.1) is 0 Å². The summed E-state index contributed by atoms with van der Waals surface area (Å²) in [5.74, 6) is 0. The first kappa shape index (κ1) is 22.8. The van der Waals surface area contributed by atoms with Crippen molar-refractivity contribution < 1.29 is 0 Å². The lowest BCUT2D eigenvalue weighted by atomic mass is 10.1. The first-order valence-corrected chi connectivity index (χ1v) is 12.0. The van der Waals surface area contributed by atoms with Crippen LogP contribution in [-0.2, 0) is 19.4 Å². The van der Waals surface area contributed by atoms with E-state index in [-0.39, 0.29) is 0 Å². The molecule has 0 aliphatic heterocycles. The Bertz CT molecular complexity index is 1170. The maximum absolute atomic E-state index is 6.49. The molecule has 0 saturated carbocycles. The van der Waals surface area contributed by atoms with Crippen LogP contribution >= 0.6 is 35.4 Å². The van der Waals surface area contributed by atoms with Gasteiger partial charge in [-0.1, -0.05) is 65.8 Å². The molecule has 0 saturated heterocycles. The Morgan fingerprint density at radius 3 is 2.69 bits per heavy atom. The number of para-hydroxylation sites is 1. The number of imidazole rings is 1. The number of unbranched alkanes of at least 4 members (excludes halogenated alkanes) is 1. The highest BCUT2D eigenvalue weighted by atomic mass is 35.5. The molecule has 2 heterocycles. The molecular weight excluding hydrogens is 459 g/mol. The molecule has 2 aromatic carbocycles. The molecule has 0 unspecified atom stereocenters. The Morgan fingerprint density at radius 1 is 0.969 bits per heavy atom. The highest BCUT2D eigenvalue weighted by Crippen LogP contribution is 2.27. The lowest BCUT2D eigenvalue weighted by Crippen LogP contribution is -2.31. The maximum atomic E-state index is 6.49. The zero-order chi connectivity index (χ0) is 22.3. The third-order valence-electron chi connectivity index (χ3n) is 5.71. The van der Waals surface area contributed by atoms with Crippen LogP contribution in [0.15, 0.2) is 61.2 Å². The average molecular weight is 485 g/mol. The fourth-order valence-corrected chi connectivity index (χ4v) is 4.61. The third-order valence-corrected chi connectivity index (χ3v) is 7.03. The zero-order valence-corrected chi connectivity index (χ0v) is 20.1. The first-order chi connectivity index (χ1) is 15.6. The van der Waals surface area contributed by atoms with Crippen LogP contribution in [0.5, 0.6) is 0 Å². The summed E-state index contributed by atoms with van der Waals surface area (Å²) in [6.45, 7) is 1.48. The number of fused-ring (bicyclic) bond motifs is 1. The summed E-state index contributed by atoms with van der Waals surface area (Å²) in [4.78, 5) is 13.8. The van der Waals surface area contributed by atoms with Gasteiger partial charge in [0, 0.05) is 42.1 Å². The van der Waals surface area contributed by atoms with Crippen LogP contribution in [0.1, 0.15) is 36.1 Å². The van der Waals surface area contributed by atoms with Gasteiger partial charge in [0.25, 0.3) is 0 Å². The number of thiocarbonyl (C=S) groups is 1. The van der Waals surface area contributed by atoms with Crippen LogP contribution in [-0.4, -0.2) is 31.4 Å². The van der Waals surface area contributed by atoms with Crippen molar-refractivity contribution in [2.45, 2.75) is 38.6 Å². The van der Waals surface area contributed by atoms with E-state index in [2.05, 4.69) is 50.3 Å². The van der Waals surface area contributed by atoms with Gasteiger partial charge in [-0.25, -0.2) is 4.98 Å². The van der Waals surface area contributed by atoms with Crippen molar-refractivity contribution in [2.24, 2.45) is 0 Å². The Balaban J connectivity index is 1.42. The van der Waals surface area contributed by atoms with Crippen molar-refractivity contribution in [3.05, 3.63) is 88.1 Å². The molecule has 2 N–H and O–H groups in total. The number of hydrogen-bond donors (Lipinski definition) is 2. The third kappa shape index (κ3) is 5.71. The first-order valence-electron chi connectivity index (χ1n) is 10.8. The predicted octanol–water partition coefficient (Wildman–Crippen LogP) is 6.98. The summed E-state index contributed by atoms with van der Waals surface area (Å²) in [6.07, 6.45) is 10.6. The van der Waals surface area contributed by atoms with Crippen molar-refractivity contribution >= 4 is 51.3 Å². The fourth-order valence-electron chi connectivity index (χ4n) is 3.93. The monoisotopic (exact) mass is 484 g/mol. The summed E-state index contributed by atoms with van der Waals surface area (Å²) in [5.41, 5.74) is 4.62. The van der Waals surface area contributed by atoms with E-state index in [4.69, 9.17) is 35.4 Å². The summed E-state index contributed by atoms with van der Waals surface area (Å²) < 4.78 is 0. The van der Waals surface area contributed by atoms with Crippen LogP contribution in [0.4, 0.5) is 0 Å². The molecule has 4 aromatic rings. The van der Waals surface area contributed by atoms with Crippen LogP contribution in [0.3, 0.4) is 0 Å². The van der Waals surface area contributed by atoms with Crippen molar-refractivity contribution in [2.75, 3.05) is 6.54 Å². The predicted molar refractivity (Wildman–Crippen MR) is 138 cm³/mol. The van der Waals surface area contributed by atoms with Crippen molar-refractivity contribution in [3.63, 3.8) is 0 Å². The Kier molecular flexibility index (Phi) is 7.85. The van der Waals surface area contributed by atoms with Gasteiger partial charge in [-0.3, -0.25) is 0 Å². The summed E-state index contributed by atoms with van der Waals surface area (Å²) in [6, 6.07) is 14.2. The molecule has 0 amide bonds. The van der Waals surface area contributed by atoms with Crippen molar-refractivity contribution in [1.82, 2.24) is 19.9 Å². The van der Waals surface area contributed by atoms with Crippen LogP contribution in [0.2, 0.25) is 10.0 Å². The van der Waals surface area contributed by atoms with Crippen LogP contribution in [0.25, 0.3) is 10.9 Å². The second-order valence-electron chi connectivity index (χ2n) is 7.92. The van der Waals surface area contributed by atoms with E-state index in [9.17, 15) is 0 Å². The van der Waals surface area contributed by atoms with E-state index >= 15 is 0 Å². The molecule has 7 heteroatoms. The fraction of sp³-hybridized carbons (Fsp3) is 0.280. The van der Waals surface area contributed by atoms with Gasteiger partial charge in [0.1, 0.15) is 0 Å². The number of H-pyrrole nitrogens is 2. The number of nitrogens with zero attached hydrogens (tertiary/aromatic N) is 2. The molecule has 0 spiro atoms. The molecule has 0 atom stereocenters. The quantitative estimate of drug-likeness (QED) is 0.188. The average Bonchev–Trinajstić information content (AvgIpc) is 3.47. The molecule has 32 heavy (non-hydrogen) atoms. The Labute approximate surface area is 204 Å². The molecule has 0 aliphatic carbocycles. The second-order valence-corrected chi connectivity index (χ2v) is 9.18. The lowest BCUT2D eigenvalue weighted by molar-refractivity contribution is 0.414. The van der Waals surface area contributed by atoms with Gasteiger partial charge in [-0.2, -0.15) is 0 Å². The largest absolute Gasteiger partial charge is 0.361 e. The van der Waals surface area contributed by atoms with Crippen molar-refractivity contribution in [3.8, 4) is 0 Å². The molecule has 4 nitrogen and oxygen atoms in total. The molecule has 0 bridgehead atoms. The molecule has 2 aromatic heterocycles. The second kappa shape index (κ2) is 11.0. The van der Waals surface area contributed by atoms with Gasteiger partial charge in [0.05, 0.1) is 21.4 Å². The summed E-state index contributed by atoms with van der Waals surface area (Å²) in [7, 11) is 0. The van der Waals surface area contributed by atoms with Crippen LogP contribution in [0, 0.1) is 0 Å². The molecule has 0 radical (unpaired) electrons. The number of benzene rings is 2. The van der Waals surface area contributed by atoms with E-state index in [0.29, 0.717) is 16.6 Å².